The Balaban J connectivity index is 1.67. The second-order valence-corrected chi connectivity index (χ2v) is 9.43. The number of nitrogens with zero attached hydrogens (tertiary/aromatic N) is 1. The molecule has 4 amide bonds. The van der Waals surface area contributed by atoms with Crippen LogP contribution in [0.15, 0.2) is 18.2 Å². The van der Waals surface area contributed by atoms with E-state index in [-0.39, 0.29) is 17.9 Å². The van der Waals surface area contributed by atoms with Crippen molar-refractivity contribution in [3.63, 3.8) is 0 Å². The van der Waals surface area contributed by atoms with Crippen molar-refractivity contribution < 1.29 is 14.4 Å². The van der Waals surface area contributed by atoms with Gasteiger partial charge in [-0.3, -0.25) is 14.5 Å². The molecule has 1 aliphatic carbocycles. The van der Waals surface area contributed by atoms with Crippen molar-refractivity contribution in [2.24, 2.45) is 11.3 Å². The van der Waals surface area contributed by atoms with E-state index in [0.29, 0.717) is 29.5 Å². The summed E-state index contributed by atoms with van der Waals surface area (Å²) >= 11 is 6.14. The molecule has 1 heterocycles. The lowest BCUT2D eigenvalue weighted by Crippen LogP contribution is -2.51. The molecule has 2 aliphatic rings. The average molecular weight is 406 g/mol. The van der Waals surface area contributed by atoms with Crippen molar-refractivity contribution in [1.82, 2.24) is 10.2 Å². The van der Waals surface area contributed by atoms with E-state index in [2.05, 4.69) is 31.4 Å². The van der Waals surface area contributed by atoms with Crippen LogP contribution in [-0.4, -0.2) is 34.8 Å². The van der Waals surface area contributed by atoms with E-state index < -0.39 is 17.5 Å². The van der Waals surface area contributed by atoms with Gasteiger partial charge in [-0.05, 0) is 55.6 Å². The van der Waals surface area contributed by atoms with Gasteiger partial charge in [-0.1, -0.05) is 44.5 Å². The summed E-state index contributed by atoms with van der Waals surface area (Å²) in [5, 5.41) is 6.00. The molecule has 3 rings (SSSR count). The molecule has 7 heteroatoms. The molecule has 0 bridgehead atoms. The third-order valence-corrected chi connectivity index (χ3v) is 6.41. The van der Waals surface area contributed by atoms with Crippen LogP contribution < -0.4 is 10.6 Å². The SMILES string of the molecule is Cc1cccc(Cl)c1NC(=O)CN1C(=O)NC2(CCC(C(C)(C)C)CC2)C1=O. The summed E-state index contributed by atoms with van der Waals surface area (Å²) in [4.78, 5) is 39.0. The fraction of sp³-hybridized carbons (Fsp3) is 0.571. The molecular weight excluding hydrogens is 378 g/mol. The molecule has 1 aliphatic heterocycles. The Bertz CT molecular complexity index is 787. The van der Waals surface area contributed by atoms with Crippen molar-refractivity contribution in [2.75, 3.05) is 11.9 Å². The number of hydrogen-bond donors (Lipinski definition) is 2. The van der Waals surface area contributed by atoms with Crippen molar-refractivity contribution in [1.29, 1.82) is 0 Å². The van der Waals surface area contributed by atoms with Crippen LogP contribution in [0, 0.1) is 18.3 Å². The summed E-state index contributed by atoms with van der Waals surface area (Å²) in [6.07, 6.45) is 2.99. The number of hydrogen-bond acceptors (Lipinski definition) is 3. The molecule has 1 spiro atoms. The van der Waals surface area contributed by atoms with Crippen molar-refractivity contribution in [2.45, 2.75) is 58.9 Å². The monoisotopic (exact) mass is 405 g/mol. The molecule has 1 aromatic rings. The van der Waals surface area contributed by atoms with Gasteiger partial charge in [0.2, 0.25) is 5.91 Å². The molecule has 0 radical (unpaired) electrons. The summed E-state index contributed by atoms with van der Waals surface area (Å²) in [7, 11) is 0. The molecular formula is C21H28ClN3O3. The highest BCUT2D eigenvalue weighted by atomic mass is 35.5. The lowest BCUT2D eigenvalue weighted by atomic mass is 9.67. The highest BCUT2D eigenvalue weighted by Crippen LogP contribution is 2.43. The van der Waals surface area contributed by atoms with Gasteiger partial charge >= 0.3 is 6.03 Å². The number of carbonyl (C=O) groups is 3. The van der Waals surface area contributed by atoms with Gasteiger partial charge in [0.15, 0.2) is 0 Å². The van der Waals surface area contributed by atoms with Crippen LogP contribution in [0.5, 0.6) is 0 Å². The number of halogens is 1. The summed E-state index contributed by atoms with van der Waals surface area (Å²) in [5.41, 5.74) is 0.635. The molecule has 28 heavy (non-hydrogen) atoms. The molecule has 0 atom stereocenters. The molecule has 1 saturated carbocycles. The van der Waals surface area contributed by atoms with E-state index >= 15 is 0 Å². The van der Waals surface area contributed by atoms with Crippen LogP contribution in [0.2, 0.25) is 5.02 Å². The Hall–Kier alpha value is -2.08. The predicted octanol–water partition coefficient (Wildman–Crippen LogP) is 4.11. The number of carbonyl (C=O) groups excluding carboxylic acids is 3. The Morgan fingerprint density at radius 3 is 2.50 bits per heavy atom. The topological polar surface area (TPSA) is 78.5 Å². The Morgan fingerprint density at radius 1 is 1.29 bits per heavy atom. The van der Waals surface area contributed by atoms with E-state index in [1.807, 2.05) is 13.0 Å². The maximum atomic E-state index is 13.0. The zero-order chi connectivity index (χ0) is 20.7. The van der Waals surface area contributed by atoms with Gasteiger partial charge in [-0.15, -0.1) is 0 Å². The minimum atomic E-state index is -0.862. The normalized spacial score (nSPS) is 25.2. The summed E-state index contributed by atoms with van der Waals surface area (Å²) in [6, 6.07) is 4.81. The zero-order valence-electron chi connectivity index (χ0n) is 16.9. The summed E-state index contributed by atoms with van der Waals surface area (Å²) < 4.78 is 0. The standard InChI is InChI=1S/C21H28ClN3O3/c1-13-6-5-7-15(22)17(13)23-16(26)12-25-18(27)21(24-19(25)28)10-8-14(9-11-21)20(2,3)4/h5-7,14H,8-12H2,1-4H3,(H,23,26)(H,24,28). The second-order valence-electron chi connectivity index (χ2n) is 9.02. The predicted molar refractivity (Wildman–Crippen MR) is 109 cm³/mol. The average Bonchev–Trinajstić information content (AvgIpc) is 2.82. The van der Waals surface area contributed by atoms with Gasteiger partial charge < -0.3 is 10.6 Å². The lowest BCUT2D eigenvalue weighted by Gasteiger charge is -2.40. The van der Waals surface area contributed by atoms with Crippen LogP contribution in [0.25, 0.3) is 0 Å². The number of para-hydroxylation sites is 1. The van der Waals surface area contributed by atoms with Gasteiger partial charge in [-0.25, -0.2) is 4.79 Å². The van der Waals surface area contributed by atoms with Gasteiger partial charge in [0.05, 0.1) is 10.7 Å². The molecule has 1 saturated heterocycles. The molecule has 1 aromatic carbocycles. The number of imide groups is 1. The molecule has 2 N–H and O–H groups in total. The first kappa shape index (κ1) is 20.6. The minimum absolute atomic E-state index is 0.180. The van der Waals surface area contributed by atoms with E-state index in [4.69, 9.17) is 11.6 Å². The number of nitrogens with one attached hydrogen (secondary N) is 2. The third kappa shape index (κ3) is 3.88. The second kappa shape index (κ2) is 7.39. The quantitative estimate of drug-likeness (QED) is 0.742. The number of rotatable bonds is 3. The maximum absolute atomic E-state index is 13.0. The number of benzene rings is 1. The van der Waals surface area contributed by atoms with Gasteiger partial charge in [0, 0.05) is 0 Å². The zero-order valence-corrected chi connectivity index (χ0v) is 17.7. The lowest BCUT2D eigenvalue weighted by molar-refractivity contribution is -0.135. The van der Waals surface area contributed by atoms with E-state index in [1.54, 1.807) is 12.1 Å². The number of amides is 4. The van der Waals surface area contributed by atoms with E-state index in [0.717, 1.165) is 23.3 Å². The fourth-order valence-electron chi connectivity index (χ4n) is 4.25. The van der Waals surface area contributed by atoms with E-state index in [9.17, 15) is 14.4 Å². The summed E-state index contributed by atoms with van der Waals surface area (Å²) in [5.74, 6) is -0.223. The van der Waals surface area contributed by atoms with Crippen LogP contribution >= 0.6 is 11.6 Å². The highest BCUT2D eigenvalue weighted by molar-refractivity contribution is 6.34. The van der Waals surface area contributed by atoms with Crippen molar-refractivity contribution in [3.05, 3.63) is 28.8 Å². The Kier molecular flexibility index (Phi) is 5.45. The van der Waals surface area contributed by atoms with E-state index in [1.165, 1.54) is 0 Å². The number of aryl methyl sites for hydroxylation is 1. The fourth-order valence-corrected chi connectivity index (χ4v) is 4.52. The first-order valence-corrected chi connectivity index (χ1v) is 10.1. The first-order valence-electron chi connectivity index (χ1n) is 9.72. The van der Waals surface area contributed by atoms with Crippen molar-refractivity contribution in [3.8, 4) is 0 Å². The smallest absolute Gasteiger partial charge is 0.323 e. The Morgan fingerprint density at radius 2 is 1.93 bits per heavy atom. The van der Waals surface area contributed by atoms with Crippen LogP contribution in [0.3, 0.4) is 0 Å². The summed E-state index contributed by atoms with van der Waals surface area (Å²) in [6.45, 7) is 8.13. The minimum Gasteiger partial charge on any atom is -0.323 e. The molecule has 2 fully saturated rings. The highest BCUT2D eigenvalue weighted by Gasteiger charge is 2.53. The molecule has 0 unspecified atom stereocenters. The van der Waals surface area contributed by atoms with Crippen LogP contribution in [0.4, 0.5) is 10.5 Å². The molecule has 152 valence electrons. The van der Waals surface area contributed by atoms with Crippen molar-refractivity contribution >= 4 is 35.1 Å². The number of anilines is 1. The van der Waals surface area contributed by atoms with Crippen LogP contribution in [-0.2, 0) is 9.59 Å². The maximum Gasteiger partial charge on any atom is 0.325 e. The van der Waals surface area contributed by atoms with Gasteiger partial charge in [0.1, 0.15) is 12.1 Å². The van der Waals surface area contributed by atoms with Crippen LogP contribution in [0.1, 0.15) is 52.0 Å². The largest absolute Gasteiger partial charge is 0.325 e. The van der Waals surface area contributed by atoms with Gasteiger partial charge in [-0.2, -0.15) is 0 Å². The van der Waals surface area contributed by atoms with Gasteiger partial charge in [0.25, 0.3) is 5.91 Å². The first-order chi connectivity index (χ1) is 13.0. The number of urea groups is 1. The Labute approximate surface area is 171 Å². The molecule has 0 aromatic heterocycles. The molecule has 6 nitrogen and oxygen atoms in total. The third-order valence-electron chi connectivity index (χ3n) is 6.10.